The van der Waals surface area contributed by atoms with E-state index >= 15 is 0 Å². The number of amides is 1. The summed E-state index contributed by atoms with van der Waals surface area (Å²) >= 11 is 0. The van der Waals surface area contributed by atoms with Crippen molar-refractivity contribution in [1.29, 1.82) is 0 Å². The van der Waals surface area contributed by atoms with Gasteiger partial charge in [-0.2, -0.15) is 0 Å². The van der Waals surface area contributed by atoms with E-state index in [0.29, 0.717) is 13.1 Å². The number of fused-ring (bicyclic) bond motifs is 1. The largest absolute Gasteiger partial charge is 0.381 e. The number of hydrogen-bond donors (Lipinski definition) is 1. The first-order chi connectivity index (χ1) is 14.1. The van der Waals surface area contributed by atoms with Crippen LogP contribution in [-0.2, 0) is 21.5 Å². The smallest absolute Gasteiger partial charge is 0.224 e. The summed E-state index contributed by atoms with van der Waals surface area (Å²) in [6.45, 7) is 6.82. The summed E-state index contributed by atoms with van der Waals surface area (Å²) in [5.74, 6) is -0.0525. The Morgan fingerprint density at radius 2 is 1.90 bits per heavy atom. The number of ether oxygens (including phenoxy) is 1. The normalized spacial score (nSPS) is 17.2. The summed E-state index contributed by atoms with van der Waals surface area (Å²) < 4.78 is 7.67. The molecule has 5 heteroatoms. The number of rotatable bonds is 6. The van der Waals surface area contributed by atoms with E-state index in [0.717, 1.165) is 37.1 Å². The van der Waals surface area contributed by atoms with Crippen molar-refractivity contribution in [3.63, 3.8) is 0 Å². The van der Waals surface area contributed by atoms with Gasteiger partial charge in [-0.05, 0) is 37.5 Å². The number of imidazole rings is 1. The highest BCUT2D eigenvalue weighted by Crippen LogP contribution is 2.34. The van der Waals surface area contributed by atoms with E-state index in [2.05, 4.69) is 46.1 Å². The summed E-state index contributed by atoms with van der Waals surface area (Å²) in [5, 5.41) is 3.24. The highest BCUT2D eigenvalue weighted by atomic mass is 16.5. The second kappa shape index (κ2) is 8.37. The number of hydrogen-bond acceptors (Lipinski definition) is 3. The maximum absolute atomic E-state index is 12.9. The monoisotopic (exact) mass is 391 g/mol. The molecule has 0 saturated carbocycles. The molecule has 0 bridgehead atoms. The van der Waals surface area contributed by atoms with Gasteiger partial charge in [0.05, 0.1) is 23.3 Å². The van der Waals surface area contributed by atoms with Gasteiger partial charge in [0.25, 0.3) is 0 Å². The Kier molecular flexibility index (Phi) is 5.67. The highest BCUT2D eigenvalue weighted by Gasteiger charge is 2.35. The van der Waals surface area contributed by atoms with Crippen molar-refractivity contribution >= 4 is 16.9 Å². The molecule has 1 N–H and O–H groups in total. The van der Waals surface area contributed by atoms with Crippen molar-refractivity contribution in [3.8, 4) is 0 Å². The van der Waals surface area contributed by atoms with E-state index in [-0.39, 0.29) is 17.2 Å². The third kappa shape index (κ3) is 4.20. The quantitative estimate of drug-likeness (QED) is 0.694. The van der Waals surface area contributed by atoms with Gasteiger partial charge < -0.3 is 14.6 Å². The first-order valence-corrected chi connectivity index (χ1v) is 10.4. The van der Waals surface area contributed by atoms with Gasteiger partial charge in [-0.3, -0.25) is 4.79 Å². The molecule has 2 aromatic carbocycles. The predicted octanol–water partition coefficient (Wildman–Crippen LogP) is 3.85. The lowest BCUT2D eigenvalue weighted by Crippen LogP contribution is -2.46. The maximum Gasteiger partial charge on any atom is 0.224 e. The van der Waals surface area contributed by atoms with Crippen molar-refractivity contribution in [1.82, 2.24) is 14.9 Å². The van der Waals surface area contributed by atoms with Crippen molar-refractivity contribution in [2.75, 3.05) is 19.8 Å². The SMILES string of the molecule is Cc1ccc(C2(CNC(=O)[C@@H](C)Cn3cnc4ccccc43)CCOCC2)cc1. The molecule has 0 radical (unpaired) electrons. The second-order valence-corrected chi connectivity index (χ2v) is 8.26. The van der Waals surface area contributed by atoms with E-state index in [1.54, 1.807) is 0 Å². The molecule has 1 aromatic heterocycles. The standard InChI is InChI=1S/C24H29N3O2/c1-18-7-9-20(10-8-18)24(11-13-29-14-12-24)16-25-23(28)19(2)15-27-17-26-21-5-3-4-6-22(21)27/h3-10,17,19H,11-16H2,1-2H3,(H,25,28)/t19-/m0/s1. The molecule has 4 rings (SSSR count). The third-order valence-electron chi connectivity index (χ3n) is 6.16. The highest BCUT2D eigenvalue weighted by molar-refractivity contribution is 5.79. The summed E-state index contributed by atoms with van der Waals surface area (Å²) in [4.78, 5) is 17.3. The van der Waals surface area contributed by atoms with Gasteiger partial charge in [-0.25, -0.2) is 4.98 Å². The zero-order valence-corrected chi connectivity index (χ0v) is 17.2. The molecule has 0 aliphatic carbocycles. The van der Waals surface area contributed by atoms with Crippen LogP contribution < -0.4 is 5.32 Å². The molecule has 1 fully saturated rings. The molecule has 5 nitrogen and oxygen atoms in total. The molecule has 1 atom stereocenters. The average molecular weight is 392 g/mol. The minimum atomic E-state index is -0.137. The zero-order valence-electron chi connectivity index (χ0n) is 17.2. The first-order valence-electron chi connectivity index (χ1n) is 10.4. The molecular formula is C24H29N3O2. The van der Waals surface area contributed by atoms with Crippen molar-refractivity contribution in [2.24, 2.45) is 5.92 Å². The van der Waals surface area contributed by atoms with E-state index < -0.39 is 0 Å². The minimum Gasteiger partial charge on any atom is -0.381 e. The molecule has 29 heavy (non-hydrogen) atoms. The Morgan fingerprint density at radius 1 is 1.17 bits per heavy atom. The van der Waals surface area contributed by atoms with Gasteiger partial charge in [-0.1, -0.05) is 48.9 Å². The van der Waals surface area contributed by atoms with Crippen LogP contribution >= 0.6 is 0 Å². The van der Waals surface area contributed by atoms with E-state index in [1.807, 2.05) is 37.5 Å². The van der Waals surface area contributed by atoms with Gasteiger partial charge in [0.1, 0.15) is 0 Å². The molecule has 0 spiro atoms. The van der Waals surface area contributed by atoms with Crippen LogP contribution in [-0.4, -0.2) is 35.2 Å². The molecule has 1 saturated heterocycles. The predicted molar refractivity (Wildman–Crippen MR) is 115 cm³/mol. The number of carbonyl (C=O) groups is 1. The fraction of sp³-hybridized carbons (Fsp3) is 0.417. The Hall–Kier alpha value is -2.66. The van der Waals surface area contributed by atoms with Gasteiger partial charge >= 0.3 is 0 Å². The molecule has 1 aliphatic heterocycles. The lowest BCUT2D eigenvalue weighted by Gasteiger charge is -2.38. The lowest BCUT2D eigenvalue weighted by atomic mass is 9.74. The Morgan fingerprint density at radius 3 is 2.66 bits per heavy atom. The molecule has 1 aliphatic rings. The Bertz CT molecular complexity index is 971. The van der Waals surface area contributed by atoms with Crippen molar-refractivity contribution in [2.45, 2.75) is 38.6 Å². The second-order valence-electron chi connectivity index (χ2n) is 8.26. The van der Waals surface area contributed by atoms with Crippen LogP contribution in [0.3, 0.4) is 0 Å². The molecular weight excluding hydrogens is 362 g/mol. The lowest BCUT2D eigenvalue weighted by molar-refractivity contribution is -0.125. The topological polar surface area (TPSA) is 56.2 Å². The zero-order chi connectivity index (χ0) is 20.3. The molecule has 2 heterocycles. The minimum absolute atomic E-state index is 0.0525. The van der Waals surface area contributed by atoms with Crippen LogP contribution in [0.25, 0.3) is 11.0 Å². The van der Waals surface area contributed by atoms with Crippen LogP contribution in [0.4, 0.5) is 0 Å². The van der Waals surface area contributed by atoms with Crippen LogP contribution in [0.5, 0.6) is 0 Å². The van der Waals surface area contributed by atoms with Crippen LogP contribution in [0.1, 0.15) is 30.9 Å². The number of nitrogens with one attached hydrogen (secondary N) is 1. The number of nitrogens with zero attached hydrogens (tertiary/aromatic N) is 2. The molecule has 3 aromatic rings. The van der Waals surface area contributed by atoms with Crippen LogP contribution in [0, 0.1) is 12.8 Å². The number of carbonyl (C=O) groups excluding carboxylic acids is 1. The summed E-state index contributed by atoms with van der Waals surface area (Å²) in [7, 11) is 0. The van der Waals surface area contributed by atoms with Gasteiger partial charge in [-0.15, -0.1) is 0 Å². The van der Waals surface area contributed by atoms with Crippen molar-refractivity contribution in [3.05, 3.63) is 66.0 Å². The first kappa shape index (κ1) is 19.6. The van der Waals surface area contributed by atoms with E-state index in [4.69, 9.17) is 4.74 Å². The summed E-state index contributed by atoms with van der Waals surface area (Å²) in [6, 6.07) is 16.7. The Labute approximate surface area is 172 Å². The van der Waals surface area contributed by atoms with Gasteiger partial charge in [0.15, 0.2) is 0 Å². The fourth-order valence-electron chi connectivity index (χ4n) is 4.20. The number of benzene rings is 2. The number of aromatic nitrogens is 2. The third-order valence-corrected chi connectivity index (χ3v) is 6.16. The number of aryl methyl sites for hydroxylation is 1. The van der Waals surface area contributed by atoms with E-state index in [1.165, 1.54) is 11.1 Å². The van der Waals surface area contributed by atoms with Gasteiger partial charge in [0, 0.05) is 31.7 Å². The summed E-state index contributed by atoms with van der Waals surface area (Å²) in [6.07, 6.45) is 3.68. The van der Waals surface area contributed by atoms with Gasteiger partial charge in [0.2, 0.25) is 5.91 Å². The van der Waals surface area contributed by atoms with Crippen molar-refractivity contribution < 1.29 is 9.53 Å². The number of para-hydroxylation sites is 2. The average Bonchev–Trinajstić information content (AvgIpc) is 3.16. The van der Waals surface area contributed by atoms with E-state index in [9.17, 15) is 4.79 Å². The Balaban J connectivity index is 1.44. The maximum atomic E-state index is 12.9. The summed E-state index contributed by atoms with van der Waals surface area (Å²) in [5.41, 5.74) is 4.51. The van der Waals surface area contributed by atoms with Crippen LogP contribution in [0.15, 0.2) is 54.9 Å². The van der Waals surface area contributed by atoms with Crippen LogP contribution in [0.2, 0.25) is 0 Å². The molecule has 1 amide bonds. The molecule has 152 valence electrons. The fourth-order valence-corrected chi connectivity index (χ4v) is 4.20. The molecule has 0 unspecified atom stereocenters.